The highest BCUT2D eigenvalue weighted by atomic mass is 35.5. The van der Waals surface area contributed by atoms with Gasteiger partial charge in [-0.1, -0.05) is 70.8 Å². The zero-order valence-corrected chi connectivity index (χ0v) is 21.3. The Morgan fingerprint density at radius 2 is 1.69 bits per heavy atom. The van der Waals surface area contributed by atoms with Crippen molar-refractivity contribution >= 4 is 52.5 Å². The molecule has 1 amide bonds. The number of amides is 1. The van der Waals surface area contributed by atoms with Crippen molar-refractivity contribution in [3.63, 3.8) is 0 Å². The molecule has 5 nitrogen and oxygen atoms in total. The molecule has 0 radical (unpaired) electrons. The van der Waals surface area contributed by atoms with E-state index in [1.807, 2.05) is 0 Å². The Bertz CT molecular complexity index is 1410. The number of hydrogen-bond acceptors (Lipinski definition) is 4. The van der Waals surface area contributed by atoms with Gasteiger partial charge in [-0.05, 0) is 48.0 Å². The highest BCUT2D eigenvalue weighted by Crippen LogP contribution is 2.32. The summed E-state index contributed by atoms with van der Waals surface area (Å²) in [5, 5.41) is 12.6. The summed E-state index contributed by atoms with van der Waals surface area (Å²) in [7, 11) is 0. The summed E-state index contributed by atoms with van der Waals surface area (Å²) in [6.07, 6.45) is -4.43. The zero-order chi connectivity index (χ0) is 25.9. The van der Waals surface area contributed by atoms with Gasteiger partial charge in [-0.15, -0.1) is 10.2 Å². The van der Waals surface area contributed by atoms with E-state index in [1.54, 1.807) is 41.0 Å². The minimum Gasteiger partial charge on any atom is -0.345 e. The van der Waals surface area contributed by atoms with Crippen molar-refractivity contribution in [1.29, 1.82) is 0 Å². The molecule has 0 aliphatic rings. The zero-order valence-electron chi connectivity index (χ0n) is 18.2. The van der Waals surface area contributed by atoms with Crippen LogP contribution in [-0.4, -0.2) is 20.7 Å². The van der Waals surface area contributed by atoms with Gasteiger partial charge in [0.1, 0.15) is 0 Å². The number of nitrogens with zero attached hydrogens (tertiary/aromatic N) is 3. The van der Waals surface area contributed by atoms with E-state index in [4.69, 9.17) is 34.8 Å². The predicted molar refractivity (Wildman–Crippen MR) is 135 cm³/mol. The van der Waals surface area contributed by atoms with Gasteiger partial charge in [0.25, 0.3) is 5.91 Å². The molecule has 0 unspecified atom stereocenters. The van der Waals surface area contributed by atoms with Gasteiger partial charge >= 0.3 is 6.18 Å². The third kappa shape index (κ3) is 6.34. The smallest absolute Gasteiger partial charge is 0.345 e. The van der Waals surface area contributed by atoms with E-state index in [0.717, 1.165) is 12.1 Å². The molecule has 0 saturated heterocycles. The second-order valence-electron chi connectivity index (χ2n) is 7.51. The number of carbonyl (C=O) groups excluding carboxylic acids is 1. The molecule has 186 valence electrons. The highest BCUT2D eigenvalue weighted by molar-refractivity contribution is 7.98. The Hall–Kier alpha value is -2.72. The van der Waals surface area contributed by atoms with Gasteiger partial charge in [0.2, 0.25) is 0 Å². The average Bonchev–Trinajstić information content (AvgIpc) is 3.25. The number of alkyl halides is 3. The SMILES string of the molecule is O=C(NCc1nnc(SCc2cccc(C(F)(F)F)c2)n1-c1cccc(Cl)c1)c1cc(Cl)ccc1Cl. The lowest BCUT2D eigenvalue weighted by Crippen LogP contribution is -2.25. The van der Waals surface area contributed by atoms with Crippen molar-refractivity contribution in [3.05, 3.63) is 104 Å². The number of nitrogens with one attached hydrogen (secondary N) is 1. The third-order valence-electron chi connectivity index (χ3n) is 4.97. The molecule has 1 N–H and O–H groups in total. The van der Waals surface area contributed by atoms with Crippen molar-refractivity contribution < 1.29 is 18.0 Å². The Morgan fingerprint density at radius 3 is 2.44 bits per heavy atom. The molecule has 0 bridgehead atoms. The molecule has 4 rings (SSSR count). The van der Waals surface area contributed by atoms with Gasteiger partial charge < -0.3 is 5.32 Å². The summed E-state index contributed by atoms with van der Waals surface area (Å²) in [4.78, 5) is 12.7. The first-order chi connectivity index (χ1) is 17.1. The van der Waals surface area contributed by atoms with E-state index in [0.29, 0.717) is 32.3 Å². The maximum absolute atomic E-state index is 13.1. The van der Waals surface area contributed by atoms with Crippen LogP contribution < -0.4 is 5.32 Å². The first kappa shape index (κ1) is 26.3. The summed E-state index contributed by atoms with van der Waals surface area (Å²) in [5.41, 5.74) is 0.585. The van der Waals surface area contributed by atoms with Gasteiger partial charge in [0.15, 0.2) is 11.0 Å². The van der Waals surface area contributed by atoms with E-state index < -0.39 is 17.6 Å². The Labute approximate surface area is 223 Å². The Kier molecular flexibility index (Phi) is 8.14. The molecular weight excluding hydrogens is 556 g/mol. The minimum atomic E-state index is -4.43. The van der Waals surface area contributed by atoms with Crippen LogP contribution in [0.1, 0.15) is 27.3 Å². The quantitative estimate of drug-likeness (QED) is 0.234. The lowest BCUT2D eigenvalue weighted by molar-refractivity contribution is -0.137. The van der Waals surface area contributed by atoms with Crippen molar-refractivity contribution in [1.82, 2.24) is 20.1 Å². The fourth-order valence-electron chi connectivity index (χ4n) is 3.29. The van der Waals surface area contributed by atoms with Crippen LogP contribution in [0, 0.1) is 0 Å². The summed E-state index contributed by atoms with van der Waals surface area (Å²) < 4.78 is 40.9. The molecule has 1 heterocycles. The number of hydrogen-bond donors (Lipinski definition) is 1. The van der Waals surface area contributed by atoms with Gasteiger partial charge in [-0.25, -0.2) is 0 Å². The van der Waals surface area contributed by atoms with Gasteiger partial charge in [-0.3, -0.25) is 9.36 Å². The standard InChI is InChI=1S/C24H16Cl3F3N4OS/c25-16-5-2-6-18(10-16)34-21(12-31-22(35)19-11-17(26)7-8-20(19)27)32-33-23(34)36-13-14-3-1-4-15(9-14)24(28,29)30/h1-11H,12-13H2,(H,31,35). The highest BCUT2D eigenvalue weighted by Gasteiger charge is 2.30. The van der Waals surface area contributed by atoms with Crippen molar-refractivity contribution in [2.45, 2.75) is 23.6 Å². The van der Waals surface area contributed by atoms with Crippen molar-refractivity contribution in [2.24, 2.45) is 0 Å². The number of rotatable bonds is 7. The molecule has 0 aliphatic carbocycles. The van der Waals surface area contributed by atoms with E-state index in [9.17, 15) is 18.0 Å². The van der Waals surface area contributed by atoms with Gasteiger partial charge in [0, 0.05) is 15.8 Å². The lowest BCUT2D eigenvalue weighted by Gasteiger charge is -2.12. The van der Waals surface area contributed by atoms with E-state index >= 15 is 0 Å². The average molecular weight is 572 g/mol. The van der Waals surface area contributed by atoms with Crippen LogP contribution in [0.25, 0.3) is 5.69 Å². The topological polar surface area (TPSA) is 59.8 Å². The summed E-state index contributed by atoms with van der Waals surface area (Å²) in [6.45, 7) is -0.00862. The first-order valence-corrected chi connectivity index (χ1v) is 12.5. The fourth-order valence-corrected chi connectivity index (χ4v) is 4.77. The monoisotopic (exact) mass is 570 g/mol. The fraction of sp³-hybridized carbons (Fsp3) is 0.125. The second kappa shape index (κ2) is 11.1. The normalized spacial score (nSPS) is 11.5. The molecule has 0 atom stereocenters. The molecule has 1 aromatic heterocycles. The molecular formula is C24H16Cl3F3N4OS. The molecule has 0 aliphatic heterocycles. The molecule has 0 fully saturated rings. The van der Waals surface area contributed by atoms with E-state index in [1.165, 1.54) is 30.0 Å². The van der Waals surface area contributed by atoms with Gasteiger partial charge in [-0.2, -0.15) is 13.2 Å². The molecule has 0 saturated carbocycles. The first-order valence-electron chi connectivity index (χ1n) is 10.3. The van der Waals surface area contributed by atoms with Crippen LogP contribution in [0.2, 0.25) is 15.1 Å². The largest absolute Gasteiger partial charge is 0.416 e. The van der Waals surface area contributed by atoms with Crippen LogP contribution in [-0.2, 0) is 18.5 Å². The van der Waals surface area contributed by atoms with Crippen LogP contribution >= 0.6 is 46.6 Å². The lowest BCUT2D eigenvalue weighted by atomic mass is 10.1. The third-order valence-corrected chi connectivity index (χ3v) is 6.77. The maximum atomic E-state index is 13.1. The Morgan fingerprint density at radius 1 is 0.944 bits per heavy atom. The summed E-state index contributed by atoms with van der Waals surface area (Å²) in [5.74, 6) is 0.143. The van der Waals surface area contributed by atoms with Crippen molar-refractivity contribution in [3.8, 4) is 5.69 Å². The molecule has 0 spiro atoms. The second-order valence-corrected chi connectivity index (χ2v) is 9.73. The van der Waals surface area contributed by atoms with Crippen LogP contribution in [0.15, 0.2) is 71.9 Å². The molecule has 3 aromatic carbocycles. The summed E-state index contributed by atoms with van der Waals surface area (Å²) in [6, 6.07) is 16.6. The minimum absolute atomic E-state index is 0.00862. The van der Waals surface area contributed by atoms with Gasteiger partial charge in [0.05, 0.1) is 28.4 Å². The molecule has 36 heavy (non-hydrogen) atoms. The summed E-state index contributed by atoms with van der Waals surface area (Å²) >= 11 is 19.5. The Balaban J connectivity index is 1.59. The number of benzene rings is 3. The van der Waals surface area contributed by atoms with E-state index in [-0.39, 0.29) is 22.9 Å². The maximum Gasteiger partial charge on any atom is 0.416 e. The van der Waals surface area contributed by atoms with Crippen molar-refractivity contribution in [2.75, 3.05) is 0 Å². The molecule has 4 aromatic rings. The number of carbonyl (C=O) groups is 1. The number of thioether (sulfide) groups is 1. The van der Waals surface area contributed by atoms with Crippen LogP contribution in [0.5, 0.6) is 0 Å². The van der Waals surface area contributed by atoms with Crippen LogP contribution in [0.3, 0.4) is 0 Å². The van der Waals surface area contributed by atoms with Crippen LogP contribution in [0.4, 0.5) is 13.2 Å². The number of halogens is 6. The number of aromatic nitrogens is 3. The molecule has 12 heteroatoms. The van der Waals surface area contributed by atoms with E-state index in [2.05, 4.69) is 15.5 Å². The predicted octanol–water partition coefficient (Wildman–Crippen LogP) is 7.47.